The van der Waals surface area contributed by atoms with Crippen molar-refractivity contribution in [3.05, 3.63) is 0 Å². The van der Waals surface area contributed by atoms with Gasteiger partial charge in [0.25, 0.3) is 0 Å². The third kappa shape index (κ3) is 5.94. The van der Waals surface area contributed by atoms with Crippen molar-refractivity contribution in [3.8, 4) is 0 Å². The first-order valence-corrected chi connectivity index (χ1v) is 7.31. The van der Waals surface area contributed by atoms with Crippen LogP contribution in [0.4, 0.5) is 4.79 Å². The highest BCUT2D eigenvalue weighted by Crippen LogP contribution is 2.23. The van der Waals surface area contributed by atoms with Crippen LogP contribution in [0.2, 0.25) is 0 Å². The largest absolute Gasteiger partial charge is 0.481 e. The monoisotopic (exact) mass is 270 g/mol. The van der Waals surface area contributed by atoms with E-state index in [2.05, 4.69) is 17.6 Å². The van der Waals surface area contributed by atoms with Gasteiger partial charge in [0.15, 0.2) is 0 Å². The second kappa shape index (κ2) is 8.02. The molecule has 2 amide bonds. The van der Waals surface area contributed by atoms with Crippen molar-refractivity contribution in [1.29, 1.82) is 0 Å². The Morgan fingerprint density at radius 3 is 2.58 bits per heavy atom. The van der Waals surface area contributed by atoms with Gasteiger partial charge in [-0.25, -0.2) is 4.79 Å². The molecule has 19 heavy (non-hydrogen) atoms. The van der Waals surface area contributed by atoms with Crippen LogP contribution in [0.3, 0.4) is 0 Å². The molecule has 110 valence electrons. The minimum Gasteiger partial charge on any atom is -0.481 e. The molecule has 0 aromatic rings. The summed E-state index contributed by atoms with van der Waals surface area (Å²) < 4.78 is 0. The minimum absolute atomic E-state index is 0.0124. The third-order valence-electron chi connectivity index (χ3n) is 3.82. The van der Waals surface area contributed by atoms with Gasteiger partial charge in [-0.15, -0.1) is 0 Å². The lowest BCUT2D eigenvalue weighted by molar-refractivity contribution is -0.137. The van der Waals surface area contributed by atoms with Crippen molar-refractivity contribution in [1.82, 2.24) is 10.6 Å². The van der Waals surface area contributed by atoms with Crippen molar-refractivity contribution in [2.45, 2.75) is 70.9 Å². The summed E-state index contributed by atoms with van der Waals surface area (Å²) in [6, 6.07) is -0.277. The number of hydrogen-bond donors (Lipinski definition) is 3. The Bertz CT molecular complexity index is 307. The van der Waals surface area contributed by atoms with Crippen molar-refractivity contribution >= 4 is 12.0 Å². The molecule has 1 fully saturated rings. The molecule has 1 aliphatic rings. The molecule has 1 saturated carbocycles. The lowest BCUT2D eigenvalue weighted by Gasteiger charge is -2.30. The molecular formula is C14H26N2O3. The zero-order valence-electron chi connectivity index (χ0n) is 11.9. The molecule has 0 aromatic carbocycles. The van der Waals surface area contributed by atoms with Crippen molar-refractivity contribution < 1.29 is 14.7 Å². The highest BCUT2D eigenvalue weighted by atomic mass is 16.4. The maximum absolute atomic E-state index is 11.9. The first-order chi connectivity index (χ1) is 9.02. The fourth-order valence-corrected chi connectivity index (χ4v) is 2.71. The van der Waals surface area contributed by atoms with Crippen LogP contribution in [-0.4, -0.2) is 29.2 Å². The summed E-state index contributed by atoms with van der Waals surface area (Å²) in [5.74, 6) is -0.367. The van der Waals surface area contributed by atoms with Gasteiger partial charge >= 0.3 is 12.0 Å². The smallest absolute Gasteiger partial charge is 0.315 e. The predicted octanol–water partition coefficient (Wildman–Crippen LogP) is 2.51. The van der Waals surface area contributed by atoms with Crippen molar-refractivity contribution in [3.63, 3.8) is 0 Å². The number of carbonyl (C=O) groups is 2. The van der Waals surface area contributed by atoms with E-state index in [4.69, 9.17) is 5.11 Å². The van der Waals surface area contributed by atoms with Gasteiger partial charge in [0.2, 0.25) is 0 Å². The quantitative estimate of drug-likeness (QED) is 0.694. The standard InChI is InChI=1S/C14H26N2O3/c1-3-6-11(9-13(17)18)15-14(19)16-12-8-5-4-7-10(12)2/h10-12H,3-9H2,1-2H3,(H,17,18)(H2,15,16,19). The van der Waals surface area contributed by atoms with Crippen LogP contribution in [0.1, 0.15) is 58.8 Å². The maximum Gasteiger partial charge on any atom is 0.315 e. The third-order valence-corrected chi connectivity index (χ3v) is 3.82. The van der Waals surface area contributed by atoms with Crippen molar-refractivity contribution in [2.75, 3.05) is 0 Å². The van der Waals surface area contributed by atoms with E-state index in [-0.39, 0.29) is 24.5 Å². The summed E-state index contributed by atoms with van der Waals surface area (Å²) in [6.45, 7) is 4.14. The molecule has 3 N–H and O–H groups in total. The molecule has 1 rings (SSSR count). The van der Waals surface area contributed by atoms with Gasteiger partial charge in [-0.1, -0.05) is 33.1 Å². The van der Waals surface area contributed by atoms with E-state index in [1.165, 1.54) is 6.42 Å². The predicted molar refractivity (Wildman–Crippen MR) is 74.0 cm³/mol. The van der Waals surface area contributed by atoms with E-state index in [9.17, 15) is 9.59 Å². The molecule has 0 radical (unpaired) electrons. The average Bonchev–Trinajstić information content (AvgIpc) is 2.31. The van der Waals surface area contributed by atoms with E-state index in [0.717, 1.165) is 25.7 Å². The zero-order chi connectivity index (χ0) is 14.3. The number of rotatable bonds is 6. The number of nitrogens with one attached hydrogen (secondary N) is 2. The van der Waals surface area contributed by atoms with Crippen LogP contribution >= 0.6 is 0 Å². The van der Waals surface area contributed by atoms with E-state index >= 15 is 0 Å². The molecule has 0 spiro atoms. The number of hydrogen-bond acceptors (Lipinski definition) is 2. The van der Waals surface area contributed by atoms with Crippen LogP contribution < -0.4 is 10.6 Å². The Morgan fingerprint density at radius 2 is 2.00 bits per heavy atom. The highest BCUT2D eigenvalue weighted by Gasteiger charge is 2.24. The van der Waals surface area contributed by atoms with Gasteiger partial charge in [0.1, 0.15) is 0 Å². The van der Waals surface area contributed by atoms with Gasteiger partial charge in [0, 0.05) is 12.1 Å². The number of urea groups is 1. The first-order valence-electron chi connectivity index (χ1n) is 7.31. The average molecular weight is 270 g/mol. The molecule has 0 saturated heterocycles. The topological polar surface area (TPSA) is 78.4 Å². The van der Waals surface area contributed by atoms with Crippen LogP contribution in [0.5, 0.6) is 0 Å². The van der Waals surface area contributed by atoms with E-state index in [1.54, 1.807) is 0 Å². The Kier molecular flexibility index (Phi) is 6.67. The van der Waals surface area contributed by atoms with Crippen LogP contribution in [-0.2, 0) is 4.79 Å². The van der Waals surface area contributed by atoms with E-state index in [0.29, 0.717) is 12.3 Å². The number of amides is 2. The fraction of sp³-hybridized carbons (Fsp3) is 0.857. The summed E-state index contributed by atoms with van der Waals surface area (Å²) in [7, 11) is 0. The number of carbonyl (C=O) groups excluding carboxylic acids is 1. The Balaban J connectivity index is 2.40. The second-order valence-electron chi connectivity index (χ2n) is 5.57. The SMILES string of the molecule is CCCC(CC(=O)O)NC(=O)NC1CCCCC1C. The zero-order valence-corrected chi connectivity index (χ0v) is 11.9. The second-order valence-corrected chi connectivity index (χ2v) is 5.57. The molecule has 5 nitrogen and oxygen atoms in total. The molecule has 0 heterocycles. The van der Waals surface area contributed by atoms with Gasteiger partial charge in [-0.3, -0.25) is 4.79 Å². The molecule has 3 atom stereocenters. The van der Waals surface area contributed by atoms with Gasteiger partial charge in [-0.2, -0.15) is 0 Å². The Labute approximate surface area is 115 Å². The molecule has 1 aliphatic carbocycles. The maximum atomic E-state index is 11.9. The summed E-state index contributed by atoms with van der Waals surface area (Å²) in [5.41, 5.74) is 0. The van der Waals surface area contributed by atoms with Crippen LogP contribution in [0.15, 0.2) is 0 Å². The summed E-state index contributed by atoms with van der Waals surface area (Å²) in [6.07, 6.45) is 6.10. The van der Waals surface area contributed by atoms with Crippen LogP contribution in [0.25, 0.3) is 0 Å². The fourth-order valence-electron chi connectivity index (χ4n) is 2.71. The summed E-state index contributed by atoms with van der Waals surface area (Å²) in [5, 5.41) is 14.6. The Morgan fingerprint density at radius 1 is 1.32 bits per heavy atom. The Hall–Kier alpha value is -1.26. The lowest BCUT2D eigenvalue weighted by Crippen LogP contribution is -2.49. The lowest BCUT2D eigenvalue weighted by atomic mass is 9.86. The molecule has 0 aromatic heterocycles. The number of aliphatic carboxylic acids is 1. The summed E-state index contributed by atoms with van der Waals surface area (Å²) >= 11 is 0. The van der Waals surface area contributed by atoms with Gasteiger partial charge < -0.3 is 15.7 Å². The molecular weight excluding hydrogens is 244 g/mol. The minimum atomic E-state index is -0.871. The normalized spacial score (nSPS) is 24.5. The van der Waals surface area contributed by atoms with E-state index < -0.39 is 5.97 Å². The summed E-state index contributed by atoms with van der Waals surface area (Å²) in [4.78, 5) is 22.6. The number of carboxylic acid groups (broad SMARTS) is 1. The van der Waals surface area contributed by atoms with Crippen molar-refractivity contribution in [2.24, 2.45) is 5.92 Å². The van der Waals surface area contributed by atoms with E-state index in [1.807, 2.05) is 6.92 Å². The number of carboxylic acids is 1. The van der Waals surface area contributed by atoms with Gasteiger partial charge in [0.05, 0.1) is 6.42 Å². The first kappa shape index (κ1) is 15.8. The molecule has 5 heteroatoms. The van der Waals surface area contributed by atoms with Gasteiger partial charge in [-0.05, 0) is 25.2 Å². The van der Waals surface area contributed by atoms with Crippen LogP contribution in [0, 0.1) is 5.92 Å². The molecule has 0 bridgehead atoms. The molecule has 3 unspecified atom stereocenters. The molecule has 0 aliphatic heterocycles. The highest BCUT2D eigenvalue weighted by molar-refractivity contribution is 5.76.